The van der Waals surface area contributed by atoms with Crippen LogP contribution in [0.15, 0.2) is 11.4 Å². The molecule has 1 aromatic heterocycles. The Labute approximate surface area is 135 Å². The van der Waals surface area contributed by atoms with Crippen LogP contribution < -0.4 is 0 Å². The molecule has 0 saturated carbocycles. The second-order valence-corrected chi connectivity index (χ2v) is 13.5. The zero-order chi connectivity index (χ0) is 16.3. The monoisotopic (exact) mass is 326 g/mol. The summed E-state index contributed by atoms with van der Waals surface area (Å²) in [5, 5.41) is 2.21. The van der Waals surface area contributed by atoms with E-state index in [0.29, 0.717) is 18.9 Å². The van der Waals surface area contributed by atoms with E-state index in [1.54, 1.807) is 11.3 Å². The summed E-state index contributed by atoms with van der Waals surface area (Å²) in [6.45, 7) is 16.1. The molecule has 1 rings (SSSR count). The smallest absolute Gasteiger partial charge is 0.192 e. The van der Waals surface area contributed by atoms with Gasteiger partial charge in [0.25, 0.3) is 0 Å². The maximum Gasteiger partial charge on any atom is 0.192 e. The number of ketones is 1. The number of hydrogen-bond acceptors (Lipinski definition) is 3. The second kappa shape index (κ2) is 7.21. The molecule has 0 N–H and O–H groups in total. The van der Waals surface area contributed by atoms with Crippen LogP contribution >= 0.6 is 11.3 Å². The van der Waals surface area contributed by atoms with Crippen LogP contribution in [0.3, 0.4) is 0 Å². The van der Waals surface area contributed by atoms with E-state index in [2.05, 4.69) is 47.7 Å². The predicted octanol–water partition coefficient (Wildman–Crippen LogP) is 5.89. The van der Waals surface area contributed by atoms with Crippen LogP contribution in [0.2, 0.25) is 18.1 Å². The van der Waals surface area contributed by atoms with Gasteiger partial charge in [-0.15, -0.1) is 11.3 Å². The van der Waals surface area contributed by atoms with E-state index >= 15 is 0 Å². The fourth-order valence-electron chi connectivity index (χ4n) is 1.72. The minimum Gasteiger partial charge on any atom is -0.412 e. The molecule has 1 heterocycles. The first-order valence-corrected chi connectivity index (χ1v) is 11.6. The minimum absolute atomic E-state index is 0.200. The first-order valence-electron chi connectivity index (χ1n) is 7.78. The van der Waals surface area contributed by atoms with Crippen molar-refractivity contribution >= 4 is 25.4 Å². The molecule has 0 radical (unpaired) electrons. The SMILES string of the molecule is CC(C)CCC(=O)c1ccsc1CO[Si](C)(C)C(C)(C)C. The zero-order valence-electron chi connectivity index (χ0n) is 14.6. The van der Waals surface area contributed by atoms with Gasteiger partial charge in [0.1, 0.15) is 0 Å². The van der Waals surface area contributed by atoms with Crippen LogP contribution in [0, 0.1) is 5.92 Å². The standard InChI is InChI=1S/C17H30O2SSi/c1-13(2)8-9-15(18)14-10-11-20-16(14)12-19-21(6,7)17(3,4)5/h10-11,13H,8-9,12H2,1-7H3. The highest BCUT2D eigenvalue weighted by atomic mass is 32.1. The quantitative estimate of drug-likeness (QED) is 0.461. The van der Waals surface area contributed by atoms with E-state index in [4.69, 9.17) is 4.43 Å². The van der Waals surface area contributed by atoms with Crippen LogP contribution in [0.1, 0.15) is 62.7 Å². The Morgan fingerprint density at radius 3 is 2.48 bits per heavy atom. The van der Waals surface area contributed by atoms with Crippen molar-refractivity contribution in [1.82, 2.24) is 0 Å². The van der Waals surface area contributed by atoms with Crippen molar-refractivity contribution in [3.8, 4) is 0 Å². The van der Waals surface area contributed by atoms with Gasteiger partial charge in [0.15, 0.2) is 14.1 Å². The molecule has 120 valence electrons. The summed E-state index contributed by atoms with van der Waals surface area (Å²) in [6.07, 6.45) is 1.60. The minimum atomic E-state index is -1.76. The van der Waals surface area contributed by atoms with Crippen LogP contribution in [0.5, 0.6) is 0 Å². The number of rotatable bonds is 7. The summed E-state index contributed by atoms with van der Waals surface area (Å²) < 4.78 is 6.25. The van der Waals surface area contributed by atoms with Crippen molar-refractivity contribution in [2.45, 2.75) is 72.2 Å². The summed E-state index contributed by atoms with van der Waals surface area (Å²) in [4.78, 5) is 13.4. The lowest BCUT2D eigenvalue weighted by atomic mass is 10.0. The molecule has 0 fully saturated rings. The van der Waals surface area contributed by atoms with E-state index in [9.17, 15) is 4.79 Å². The van der Waals surface area contributed by atoms with Gasteiger partial charge in [-0.3, -0.25) is 4.79 Å². The maximum atomic E-state index is 12.3. The van der Waals surface area contributed by atoms with Gasteiger partial charge >= 0.3 is 0 Å². The fourth-order valence-corrected chi connectivity index (χ4v) is 3.56. The summed E-state index contributed by atoms with van der Waals surface area (Å²) >= 11 is 1.64. The molecule has 0 amide bonds. The molecule has 0 aliphatic heterocycles. The lowest BCUT2D eigenvalue weighted by Crippen LogP contribution is -2.40. The predicted molar refractivity (Wildman–Crippen MR) is 94.7 cm³/mol. The third kappa shape index (κ3) is 5.35. The van der Waals surface area contributed by atoms with Gasteiger partial charge in [-0.2, -0.15) is 0 Å². The molecule has 0 atom stereocenters. The highest BCUT2D eigenvalue weighted by molar-refractivity contribution is 7.10. The molecule has 0 aliphatic rings. The molecule has 0 unspecified atom stereocenters. The highest BCUT2D eigenvalue weighted by Gasteiger charge is 2.37. The average Bonchev–Trinajstić information content (AvgIpc) is 2.80. The molecule has 0 saturated heterocycles. The molecule has 2 nitrogen and oxygen atoms in total. The first-order chi connectivity index (χ1) is 9.54. The van der Waals surface area contributed by atoms with Gasteiger partial charge in [0.05, 0.1) is 6.61 Å². The van der Waals surface area contributed by atoms with Crippen molar-refractivity contribution in [2.24, 2.45) is 5.92 Å². The maximum absolute atomic E-state index is 12.3. The fraction of sp³-hybridized carbons (Fsp3) is 0.706. The number of carbonyl (C=O) groups is 1. The van der Waals surface area contributed by atoms with Crippen molar-refractivity contribution in [1.29, 1.82) is 0 Å². The van der Waals surface area contributed by atoms with Gasteiger partial charge in [-0.25, -0.2) is 0 Å². The molecule has 4 heteroatoms. The molecule has 21 heavy (non-hydrogen) atoms. The van der Waals surface area contributed by atoms with E-state index in [-0.39, 0.29) is 10.8 Å². The number of Topliss-reactive ketones (excluding diaryl/α,β-unsaturated/α-hetero) is 1. The number of thiophene rings is 1. The Balaban J connectivity index is 2.70. The topological polar surface area (TPSA) is 26.3 Å². The molecule has 0 spiro atoms. The van der Waals surface area contributed by atoms with Crippen LogP contribution in [0.25, 0.3) is 0 Å². The third-order valence-corrected chi connectivity index (χ3v) is 9.74. The van der Waals surface area contributed by atoms with E-state index < -0.39 is 8.32 Å². The average molecular weight is 327 g/mol. The summed E-state index contributed by atoms with van der Waals surface area (Å²) in [5.74, 6) is 0.832. The van der Waals surface area contributed by atoms with Gasteiger partial charge in [0.2, 0.25) is 0 Å². The zero-order valence-corrected chi connectivity index (χ0v) is 16.4. The lowest BCUT2D eigenvalue weighted by molar-refractivity contribution is 0.0973. The molecule has 0 bridgehead atoms. The Hall–Kier alpha value is -0.453. The molecule has 0 aromatic carbocycles. The third-order valence-electron chi connectivity index (χ3n) is 4.36. The molecular formula is C17H30O2SSi. The lowest BCUT2D eigenvalue weighted by Gasteiger charge is -2.36. The van der Waals surface area contributed by atoms with Crippen molar-refractivity contribution in [2.75, 3.05) is 0 Å². The number of carbonyl (C=O) groups excluding carboxylic acids is 1. The Bertz CT molecular complexity index is 469. The van der Waals surface area contributed by atoms with Gasteiger partial charge in [-0.1, -0.05) is 34.6 Å². The Morgan fingerprint density at radius 1 is 1.33 bits per heavy atom. The molecule has 0 aliphatic carbocycles. The summed E-state index contributed by atoms with van der Waals surface area (Å²) in [5.41, 5.74) is 0.874. The van der Waals surface area contributed by atoms with E-state index in [1.807, 2.05) is 11.4 Å². The first kappa shape index (κ1) is 18.6. The van der Waals surface area contributed by atoms with Gasteiger partial charge in [0, 0.05) is 16.9 Å². The van der Waals surface area contributed by atoms with E-state index in [1.165, 1.54) is 0 Å². The van der Waals surface area contributed by atoms with Crippen LogP contribution in [-0.4, -0.2) is 14.1 Å². The van der Waals surface area contributed by atoms with Crippen LogP contribution in [-0.2, 0) is 11.0 Å². The van der Waals surface area contributed by atoms with Crippen molar-refractivity contribution < 1.29 is 9.22 Å². The second-order valence-electron chi connectivity index (χ2n) is 7.66. The van der Waals surface area contributed by atoms with Crippen molar-refractivity contribution in [3.63, 3.8) is 0 Å². The van der Waals surface area contributed by atoms with Gasteiger partial charge in [-0.05, 0) is 41.9 Å². The van der Waals surface area contributed by atoms with Crippen molar-refractivity contribution in [3.05, 3.63) is 21.9 Å². The Kier molecular flexibility index (Phi) is 6.38. The normalized spacial score (nSPS) is 13.0. The molecular weight excluding hydrogens is 296 g/mol. The van der Waals surface area contributed by atoms with Crippen LogP contribution in [0.4, 0.5) is 0 Å². The summed E-state index contributed by atoms with van der Waals surface area (Å²) in [7, 11) is -1.76. The summed E-state index contributed by atoms with van der Waals surface area (Å²) in [6, 6.07) is 1.96. The largest absolute Gasteiger partial charge is 0.412 e. The Morgan fingerprint density at radius 2 is 1.95 bits per heavy atom. The molecule has 1 aromatic rings. The van der Waals surface area contributed by atoms with Gasteiger partial charge < -0.3 is 4.43 Å². The number of hydrogen-bond donors (Lipinski definition) is 0. The highest BCUT2D eigenvalue weighted by Crippen LogP contribution is 2.37. The van der Waals surface area contributed by atoms with E-state index in [0.717, 1.165) is 16.9 Å².